The molecule has 1 aromatic heterocycles. The lowest BCUT2D eigenvalue weighted by Crippen LogP contribution is -2.37. The van der Waals surface area contributed by atoms with Gasteiger partial charge in [0.1, 0.15) is 12.0 Å². The van der Waals surface area contributed by atoms with Crippen molar-refractivity contribution < 1.29 is 14.3 Å². The lowest BCUT2D eigenvalue weighted by atomic mass is 9.86. The quantitative estimate of drug-likeness (QED) is 0.243. The number of rotatable bonds is 10. The Morgan fingerprint density at radius 3 is 2.05 bits per heavy atom. The molecule has 4 aromatic rings. The number of ether oxygens (including phenoxy) is 1. The Bertz CT molecular complexity index is 1370. The normalized spacial score (nSPS) is 12.0. The summed E-state index contributed by atoms with van der Waals surface area (Å²) < 4.78 is 5.65. The summed E-state index contributed by atoms with van der Waals surface area (Å²) in [6, 6.07) is 22.5. The number of nitrogens with zero attached hydrogens (tertiary/aromatic N) is 2. The van der Waals surface area contributed by atoms with E-state index in [0.29, 0.717) is 24.4 Å². The lowest BCUT2D eigenvalue weighted by molar-refractivity contribution is -0.109. The van der Waals surface area contributed by atoms with Crippen molar-refractivity contribution in [3.63, 3.8) is 0 Å². The number of aromatic nitrogens is 2. The van der Waals surface area contributed by atoms with Crippen molar-refractivity contribution in [1.29, 1.82) is 0 Å². The number of amides is 1. The minimum atomic E-state index is -0.625. The van der Waals surface area contributed by atoms with Gasteiger partial charge in [0.25, 0.3) is 5.91 Å². The second-order valence-corrected chi connectivity index (χ2v) is 10.6. The Balaban J connectivity index is 1.36. The van der Waals surface area contributed by atoms with Crippen LogP contribution in [0, 0.1) is 0 Å². The number of nitrogens with one attached hydrogen (secondary N) is 1. The number of carbonyl (C=O) groups is 2. The Hall–Kier alpha value is -4.32. The van der Waals surface area contributed by atoms with Crippen LogP contribution in [0.4, 0.5) is 0 Å². The average Bonchev–Trinajstić information content (AvgIpc) is 2.96. The lowest BCUT2D eigenvalue weighted by Gasteiger charge is -2.19. The molecule has 1 unspecified atom stereocenters. The summed E-state index contributed by atoms with van der Waals surface area (Å²) in [4.78, 5) is 33.5. The second-order valence-electron chi connectivity index (χ2n) is 10.6. The first kappa shape index (κ1) is 27.7. The van der Waals surface area contributed by atoms with Crippen LogP contribution in [0.2, 0.25) is 0 Å². The molecule has 39 heavy (non-hydrogen) atoms. The standard InChI is InChI=1S/C33H35N3O3/c1-5-18-39-30-16-12-24(13-17-30)27-20-34-31(35-21-27)25-8-6-23(7-9-25)19-29(22-37)36-32(38)26-10-14-28(15-11-26)33(2,3)4/h6-17,20-22,29H,5,18-19H2,1-4H3,(H,36,38). The summed E-state index contributed by atoms with van der Waals surface area (Å²) in [5.74, 6) is 1.21. The molecule has 0 aliphatic heterocycles. The van der Waals surface area contributed by atoms with E-state index in [1.165, 1.54) is 0 Å². The summed E-state index contributed by atoms with van der Waals surface area (Å²) in [5.41, 5.74) is 5.45. The highest BCUT2D eigenvalue weighted by molar-refractivity contribution is 5.95. The fraction of sp³-hybridized carbons (Fsp3) is 0.273. The molecule has 0 saturated carbocycles. The van der Waals surface area contributed by atoms with E-state index < -0.39 is 6.04 Å². The summed E-state index contributed by atoms with van der Waals surface area (Å²) in [5, 5.41) is 2.83. The Labute approximate surface area is 230 Å². The van der Waals surface area contributed by atoms with Crippen LogP contribution in [0.25, 0.3) is 22.5 Å². The SMILES string of the molecule is CCCOc1ccc(-c2cnc(-c3ccc(CC(C=O)NC(=O)c4ccc(C(C)(C)C)cc4)cc3)nc2)cc1. The molecule has 1 atom stereocenters. The maximum atomic E-state index is 12.7. The molecule has 3 aromatic carbocycles. The van der Waals surface area contributed by atoms with Gasteiger partial charge in [-0.1, -0.05) is 76.2 Å². The Morgan fingerprint density at radius 2 is 1.49 bits per heavy atom. The third kappa shape index (κ3) is 7.38. The van der Waals surface area contributed by atoms with Crippen LogP contribution in [0.5, 0.6) is 5.75 Å². The van der Waals surface area contributed by atoms with E-state index in [-0.39, 0.29) is 11.3 Å². The van der Waals surface area contributed by atoms with Gasteiger partial charge in [-0.25, -0.2) is 9.97 Å². The third-order valence-electron chi connectivity index (χ3n) is 6.47. The molecule has 6 heteroatoms. The van der Waals surface area contributed by atoms with Crippen LogP contribution >= 0.6 is 0 Å². The molecule has 0 bridgehead atoms. The van der Waals surface area contributed by atoms with Crippen LogP contribution < -0.4 is 10.1 Å². The first-order valence-electron chi connectivity index (χ1n) is 13.3. The molecule has 0 aliphatic rings. The monoisotopic (exact) mass is 521 g/mol. The van der Waals surface area contributed by atoms with Gasteiger partial charge >= 0.3 is 0 Å². The molecule has 0 fully saturated rings. The topological polar surface area (TPSA) is 81.2 Å². The zero-order valence-electron chi connectivity index (χ0n) is 23.0. The minimum absolute atomic E-state index is 0.00935. The van der Waals surface area contributed by atoms with Gasteiger partial charge < -0.3 is 14.8 Å². The molecule has 200 valence electrons. The van der Waals surface area contributed by atoms with E-state index in [1.54, 1.807) is 12.1 Å². The minimum Gasteiger partial charge on any atom is -0.494 e. The molecule has 1 amide bonds. The molecule has 0 aliphatic carbocycles. The number of hydrogen-bond donors (Lipinski definition) is 1. The molecule has 0 radical (unpaired) electrons. The maximum Gasteiger partial charge on any atom is 0.251 e. The fourth-order valence-electron chi connectivity index (χ4n) is 4.14. The van der Waals surface area contributed by atoms with Crippen LogP contribution in [0.1, 0.15) is 55.6 Å². The van der Waals surface area contributed by atoms with Gasteiger partial charge in [0.15, 0.2) is 5.82 Å². The van der Waals surface area contributed by atoms with E-state index >= 15 is 0 Å². The molecule has 0 spiro atoms. The first-order chi connectivity index (χ1) is 18.8. The van der Waals surface area contributed by atoms with Crippen LogP contribution in [0.3, 0.4) is 0 Å². The summed E-state index contributed by atoms with van der Waals surface area (Å²) in [6.45, 7) is 9.16. The predicted octanol–water partition coefficient (Wildman–Crippen LogP) is 6.44. The molecule has 1 N–H and O–H groups in total. The highest BCUT2D eigenvalue weighted by atomic mass is 16.5. The number of aldehydes is 1. The van der Waals surface area contributed by atoms with Gasteiger partial charge in [-0.2, -0.15) is 0 Å². The van der Waals surface area contributed by atoms with Gasteiger partial charge in [0.2, 0.25) is 0 Å². The van der Waals surface area contributed by atoms with Crippen molar-refractivity contribution in [3.05, 3.63) is 102 Å². The highest BCUT2D eigenvalue weighted by Gasteiger charge is 2.17. The van der Waals surface area contributed by atoms with E-state index in [0.717, 1.165) is 46.3 Å². The van der Waals surface area contributed by atoms with Crippen molar-refractivity contribution in [1.82, 2.24) is 15.3 Å². The Kier molecular flexibility index (Phi) is 8.87. The zero-order chi connectivity index (χ0) is 27.8. The largest absolute Gasteiger partial charge is 0.494 e. The average molecular weight is 522 g/mol. The molecular weight excluding hydrogens is 486 g/mol. The van der Waals surface area contributed by atoms with Crippen LogP contribution in [-0.4, -0.2) is 34.8 Å². The van der Waals surface area contributed by atoms with Gasteiger partial charge in [-0.3, -0.25) is 4.79 Å². The first-order valence-corrected chi connectivity index (χ1v) is 13.3. The molecule has 0 saturated heterocycles. The number of hydrogen-bond acceptors (Lipinski definition) is 5. The maximum absolute atomic E-state index is 12.7. The third-order valence-corrected chi connectivity index (χ3v) is 6.47. The van der Waals surface area contributed by atoms with E-state index in [2.05, 4.69) is 43.0 Å². The summed E-state index contributed by atoms with van der Waals surface area (Å²) in [6.07, 6.45) is 5.76. The van der Waals surface area contributed by atoms with E-state index in [9.17, 15) is 9.59 Å². The summed E-state index contributed by atoms with van der Waals surface area (Å²) >= 11 is 0. The van der Waals surface area contributed by atoms with E-state index in [1.807, 2.05) is 73.1 Å². The fourth-order valence-corrected chi connectivity index (χ4v) is 4.14. The van der Waals surface area contributed by atoms with Gasteiger partial charge in [0, 0.05) is 29.1 Å². The van der Waals surface area contributed by atoms with Crippen LogP contribution in [-0.2, 0) is 16.6 Å². The van der Waals surface area contributed by atoms with Gasteiger partial charge in [0.05, 0.1) is 12.6 Å². The Morgan fingerprint density at radius 1 is 0.872 bits per heavy atom. The zero-order valence-corrected chi connectivity index (χ0v) is 23.0. The van der Waals surface area contributed by atoms with E-state index in [4.69, 9.17) is 4.74 Å². The van der Waals surface area contributed by atoms with Crippen LogP contribution in [0.15, 0.2) is 85.2 Å². The number of benzene rings is 3. The van der Waals surface area contributed by atoms with Gasteiger partial charge in [-0.05, 0) is 59.2 Å². The molecule has 4 rings (SSSR count). The smallest absolute Gasteiger partial charge is 0.251 e. The molecule has 1 heterocycles. The second kappa shape index (κ2) is 12.5. The van der Waals surface area contributed by atoms with Crippen molar-refractivity contribution in [2.24, 2.45) is 0 Å². The number of carbonyl (C=O) groups excluding carboxylic acids is 2. The van der Waals surface area contributed by atoms with Crippen molar-refractivity contribution in [2.75, 3.05) is 6.61 Å². The van der Waals surface area contributed by atoms with Crippen molar-refractivity contribution in [3.8, 4) is 28.3 Å². The molecule has 6 nitrogen and oxygen atoms in total. The van der Waals surface area contributed by atoms with Crippen molar-refractivity contribution in [2.45, 2.75) is 52.0 Å². The van der Waals surface area contributed by atoms with Gasteiger partial charge in [-0.15, -0.1) is 0 Å². The predicted molar refractivity (Wildman–Crippen MR) is 155 cm³/mol. The molecular formula is C33H35N3O3. The van der Waals surface area contributed by atoms with Crippen molar-refractivity contribution >= 4 is 12.2 Å². The highest BCUT2D eigenvalue weighted by Crippen LogP contribution is 2.24. The summed E-state index contributed by atoms with van der Waals surface area (Å²) in [7, 11) is 0.